The fourth-order valence-electron chi connectivity index (χ4n) is 2.23. The van der Waals surface area contributed by atoms with Crippen molar-refractivity contribution in [2.45, 2.75) is 38.6 Å². The molecule has 0 atom stereocenters. The van der Waals surface area contributed by atoms with E-state index in [1.54, 1.807) is 26.0 Å². The van der Waals surface area contributed by atoms with Gasteiger partial charge in [-0.15, -0.1) is 0 Å². The van der Waals surface area contributed by atoms with Crippen LogP contribution in [-0.2, 0) is 10.0 Å². The van der Waals surface area contributed by atoms with Crippen molar-refractivity contribution in [1.82, 2.24) is 5.16 Å². The van der Waals surface area contributed by atoms with Crippen molar-refractivity contribution in [2.75, 3.05) is 4.31 Å². The van der Waals surface area contributed by atoms with E-state index in [9.17, 15) is 8.42 Å². The Hall–Kier alpha value is -1.82. The number of anilines is 1. The minimum absolute atomic E-state index is 0.148. The van der Waals surface area contributed by atoms with E-state index in [-0.39, 0.29) is 10.9 Å². The van der Waals surface area contributed by atoms with Crippen LogP contribution in [0.2, 0.25) is 0 Å². The van der Waals surface area contributed by atoms with Crippen molar-refractivity contribution >= 4 is 15.7 Å². The molecule has 108 valence electrons. The lowest BCUT2D eigenvalue weighted by molar-refractivity contribution is 0.390. The topological polar surface area (TPSA) is 63.4 Å². The summed E-state index contributed by atoms with van der Waals surface area (Å²) in [6.45, 7) is 6.91. The van der Waals surface area contributed by atoms with Crippen LogP contribution in [0.1, 0.15) is 25.3 Å². The number of hydrogen-bond acceptors (Lipinski definition) is 4. The van der Waals surface area contributed by atoms with Gasteiger partial charge in [-0.25, -0.2) is 8.42 Å². The van der Waals surface area contributed by atoms with Crippen LogP contribution in [0.5, 0.6) is 0 Å². The molecule has 0 aliphatic carbocycles. The molecule has 0 radical (unpaired) electrons. The van der Waals surface area contributed by atoms with Crippen LogP contribution in [-0.4, -0.2) is 19.6 Å². The van der Waals surface area contributed by atoms with Crippen molar-refractivity contribution in [1.29, 1.82) is 0 Å². The normalized spacial score (nSPS) is 11.8. The summed E-state index contributed by atoms with van der Waals surface area (Å²) in [5, 5.41) is 3.74. The maximum Gasteiger partial charge on any atom is 0.269 e. The lowest BCUT2D eigenvalue weighted by atomic mass is 10.3. The van der Waals surface area contributed by atoms with E-state index in [1.807, 2.05) is 32.0 Å². The molecule has 2 rings (SSSR count). The summed E-state index contributed by atoms with van der Waals surface area (Å²) in [7, 11) is -3.69. The smallest absolute Gasteiger partial charge is 0.269 e. The number of hydrogen-bond donors (Lipinski definition) is 0. The van der Waals surface area contributed by atoms with E-state index in [4.69, 9.17) is 4.52 Å². The second kappa shape index (κ2) is 5.28. The van der Waals surface area contributed by atoms with Gasteiger partial charge in [0.25, 0.3) is 10.0 Å². The Labute approximate surface area is 119 Å². The summed E-state index contributed by atoms with van der Waals surface area (Å²) in [4.78, 5) is 0.148. The minimum atomic E-state index is -3.69. The Morgan fingerprint density at radius 1 is 1.15 bits per heavy atom. The molecule has 0 fully saturated rings. The molecule has 6 heteroatoms. The standard InChI is InChI=1S/C14H18N2O3S/c1-10(2)16(13-8-6-5-7-9-13)20(17,18)14-11(3)15-19-12(14)4/h5-10H,1-4H3. The average molecular weight is 294 g/mol. The van der Waals surface area contributed by atoms with Gasteiger partial charge in [-0.3, -0.25) is 4.31 Å². The number of nitrogens with zero attached hydrogens (tertiary/aromatic N) is 2. The Balaban J connectivity index is 2.61. The fraction of sp³-hybridized carbons (Fsp3) is 0.357. The van der Waals surface area contributed by atoms with Gasteiger partial charge in [0.05, 0.1) is 5.69 Å². The predicted molar refractivity (Wildman–Crippen MR) is 77.2 cm³/mol. The monoisotopic (exact) mass is 294 g/mol. The SMILES string of the molecule is Cc1noc(C)c1S(=O)(=O)N(c1ccccc1)C(C)C. The second-order valence-electron chi connectivity index (χ2n) is 4.88. The lowest BCUT2D eigenvalue weighted by Crippen LogP contribution is -2.37. The van der Waals surface area contributed by atoms with Crippen LogP contribution in [0.3, 0.4) is 0 Å². The third-order valence-electron chi connectivity index (χ3n) is 2.96. The van der Waals surface area contributed by atoms with Crippen molar-refractivity contribution in [3.05, 3.63) is 41.8 Å². The van der Waals surface area contributed by atoms with Gasteiger partial charge in [0.2, 0.25) is 0 Å². The van der Waals surface area contributed by atoms with Crippen molar-refractivity contribution < 1.29 is 12.9 Å². The van der Waals surface area contributed by atoms with Crippen LogP contribution in [0, 0.1) is 13.8 Å². The second-order valence-corrected chi connectivity index (χ2v) is 6.64. The van der Waals surface area contributed by atoms with Gasteiger partial charge in [0, 0.05) is 6.04 Å². The van der Waals surface area contributed by atoms with Crippen LogP contribution >= 0.6 is 0 Å². The maximum atomic E-state index is 12.9. The molecule has 0 saturated carbocycles. The molecule has 0 bridgehead atoms. The molecule has 0 spiro atoms. The summed E-state index contributed by atoms with van der Waals surface area (Å²) in [6.07, 6.45) is 0. The number of aryl methyl sites for hydroxylation is 2. The summed E-state index contributed by atoms with van der Waals surface area (Å²) in [6, 6.07) is 8.81. The minimum Gasteiger partial charge on any atom is -0.360 e. The molecule has 2 aromatic rings. The Morgan fingerprint density at radius 2 is 1.75 bits per heavy atom. The van der Waals surface area contributed by atoms with Gasteiger partial charge >= 0.3 is 0 Å². The number of rotatable bonds is 4. The highest BCUT2D eigenvalue weighted by molar-refractivity contribution is 7.93. The predicted octanol–water partition coefficient (Wildman–Crippen LogP) is 2.90. The molecule has 0 aliphatic rings. The van der Waals surface area contributed by atoms with Gasteiger partial charge in [-0.2, -0.15) is 0 Å². The van der Waals surface area contributed by atoms with Gasteiger partial charge in [-0.05, 0) is 39.8 Å². The summed E-state index contributed by atoms with van der Waals surface area (Å²) in [5.74, 6) is 0.309. The molecule has 0 amide bonds. The van der Waals surface area contributed by atoms with Gasteiger partial charge in [-0.1, -0.05) is 23.4 Å². The van der Waals surface area contributed by atoms with E-state index in [0.29, 0.717) is 17.1 Å². The first kappa shape index (κ1) is 14.6. The number of para-hydroxylation sites is 1. The molecular weight excluding hydrogens is 276 g/mol. The zero-order valence-electron chi connectivity index (χ0n) is 12.0. The molecule has 20 heavy (non-hydrogen) atoms. The molecule has 0 aliphatic heterocycles. The van der Waals surface area contributed by atoms with Crippen LogP contribution in [0.15, 0.2) is 39.8 Å². The zero-order chi connectivity index (χ0) is 14.9. The van der Waals surface area contributed by atoms with Gasteiger partial charge in [0.15, 0.2) is 10.7 Å². The molecular formula is C14H18N2O3S. The zero-order valence-corrected chi connectivity index (χ0v) is 12.8. The Morgan fingerprint density at radius 3 is 2.20 bits per heavy atom. The van der Waals surface area contributed by atoms with Gasteiger partial charge < -0.3 is 4.52 Å². The first-order chi connectivity index (χ1) is 9.35. The average Bonchev–Trinajstić information content (AvgIpc) is 2.70. The summed E-state index contributed by atoms with van der Waals surface area (Å²) in [5.41, 5.74) is 1.01. The third kappa shape index (κ3) is 2.43. The van der Waals surface area contributed by atoms with E-state index in [2.05, 4.69) is 5.16 Å². The summed E-state index contributed by atoms with van der Waals surface area (Å²) < 4.78 is 32.2. The molecule has 1 aromatic carbocycles. The Bertz CT molecular complexity index is 671. The highest BCUT2D eigenvalue weighted by atomic mass is 32.2. The van der Waals surface area contributed by atoms with Crippen LogP contribution in [0.25, 0.3) is 0 Å². The van der Waals surface area contributed by atoms with Crippen LogP contribution in [0.4, 0.5) is 5.69 Å². The van der Waals surface area contributed by atoms with E-state index >= 15 is 0 Å². The molecule has 1 aromatic heterocycles. The van der Waals surface area contributed by atoms with Crippen molar-refractivity contribution in [3.8, 4) is 0 Å². The number of aromatic nitrogens is 1. The Kier molecular flexibility index (Phi) is 3.85. The maximum absolute atomic E-state index is 12.9. The van der Waals surface area contributed by atoms with Crippen molar-refractivity contribution in [2.24, 2.45) is 0 Å². The molecule has 1 heterocycles. The molecule has 5 nitrogen and oxygen atoms in total. The highest BCUT2D eigenvalue weighted by Gasteiger charge is 2.32. The first-order valence-corrected chi connectivity index (χ1v) is 7.82. The molecule has 0 saturated heterocycles. The largest absolute Gasteiger partial charge is 0.360 e. The number of sulfonamides is 1. The fourth-order valence-corrected chi connectivity index (χ4v) is 4.19. The molecule has 0 unspecified atom stereocenters. The van der Waals surface area contributed by atoms with E-state index in [1.165, 1.54) is 4.31 Å². The number of benzene rings is 1. The van der Waals surface area contributed by atoms with Crippen molar-refractivity contribution in [3.63, 3.8) is 0 Å². The van der Waals surface area contributed by atoms with E-state index < -0.39 is 10.0 Å². The van der Waals surface area contributed by atoms with Gasteiger partial charge in [0.1, 0.15) is 5.69 Å². The highest BCUT2D eigenvalue weighted by Crippen LogP contribution is 2.29. The quantitative estimate of drug-likeness (QED) is 0.869. The molecule has 0 N–H and O–H groups in total. The summed E-state index contributed by atoms with van der Waals surface area (Å²) >= 11 is 0. The van der Waals surface area contributed by atoms with E-state index in [0.717, 1.165) is 0 Å². The third-order valence-corrected chi connectivity index (χ3v) is 5.21. The lowest BCUT2D eigenvalue weighted by Gasteiger charge is -2.28. The first-order valence-electron chi connectivity index (χ1n) is 6.38. The van der Waals surface area contributed by atoms with Crippen LogP contribution < -0.4 is 4.31 Å².